The number of para-hydroxylation sites is 2. The number of aliphatic hydroxyl groups excluding tert-OH is 1. The summed E-state index contributed by atoms with van der Waals surface area (Å²) in [5.41, 5.74) is 4.26. The lowest BCUT2D eigenvalue weighted by Crippen LogP contribution is -2.54. The molecule has 3 saturated heterocycles. The molecule has 5 heterocycles. The number of anilines is 7. The van der Waals surface area contributed by atoms with E-state index in [4.69, 9.17) is 9.97 Å². The first-order valence-electron chi connectivity index (χ1n) is 21.1. The van der Waals surface area contributed by atoms with Crippen molar-refractivity contribution in [3.63, 3.8) is 0 Å². The number of rotatable bonds is 12. The molecule has 1 aliphatic carbocycles. The Morgan fingerprint density at radius 1 is 0.817 bits per heavy atom. The highest BCUT2D eigenvalue weighted by Gasteiger charge is 2.38. The number of aliphatic hydroxyl groups is 2. The van der Waals surface area contributed by atoms with Crippen molar-refractivity contribution in [2.45, 2.75) is 81.7 Å². The highest BCUT2D eigenvalue weighted by Crippen LogP contribution is 2.38. The molecule has 4 aliphatic rings. The van der Waals surface area contributed by atoms with Crippen LogP contribution in [0.5, 0.6) is 0 Å². The molecular weight excluding hydrogens is 766 g/mol. The van der Waals surface area contributed by atoms with Crippen molar-refractivity contribution in [3.05, 3.63) is 84.8 Å². The summed E-state index contributed by atoms with van der Waals surface area (Å²) >= 11 is 0. The number of amides is 2. The first kappa shape index (κ1) is 39.6. The molecule has 4 fully saturated rings. The SMILES string of the molecule is O=C1CC(Nc2cccc(F)c2N2CCC(O)(CC(O)N3CCN(c4ccc(Nc5ncc6nc(Nc7ccccc7)n(C7CCCC7)c6n5)cc4)CC3)CC2)CC(=O)N1. The molecule has 1 atom stereocenters. The van der Waals surface area contributed by atoms with E-state index in [1.54, 1.807) is 18.3 Å². The molecule has 1 saturated carbocycles. The first-order valence-corrected chi connectivity index (χ1v) is 21.1. The molecule has 3 aromatic carbocycles. The predicted octanol–water partition coefficient (Wildman–Crippen LogP) is 5.65. The molecular formula is C44H52FN11O4. The van der Waals surface area contributed by atoms with Crippen LogP contribution < -0.4 is 31.1 Å². The van der Waals surface area contributed by atoms with Crippen LogP contribution in [0.4, 0.5) is 44.7 Å². The number of imidazole rings is 1. The smallest absolute Gasteiger partial charge is 0.229 e. The van der Waals surface area contributed by atoms with Gasteiger partial charge in [-0.3, -0.25) is 24.4 Å². The van der Waals surface area contributed by atoms with Crippen LogP contribution in [-0.4, -0.2) is 104 Å². The minimum absolute atomic E-state index is 0.120. The normalized spacial score (nSPS) is 19.7. The zero-order valence-electron chi connectivity index (χ0n) is 33.6. The summed E-state index contributed by atoms with van der Waals surface area (Å²) < 4.78 is 17.5. The molecule has 2 aromatic heterocycles. The van der Waals surface area contributed by atoms with Crippen molar-refractivity contribution in [1.29, 1.82) is 0 Å². The van der Waals surface area contributed by atoms with Gasteiger partial charge in [0.1, 0.15) is 17.6 Å². The fourth-order valence-corrected chi connectivity index (χ4v) is 9.23. The molecule has 6 N–H and O–H groups in total. The molecule has 0 spiro atoms. The standard InChI is InChI=1S/C44H52FN11O4/c45-34-11-6-12-35(47-31-25-37(57)51-38(58)26-31)40(34)55-19-17-44(60,18-20-55)27-39(59)54-23-21-53(22-24-54)32-15-13-30(14-16-32)48-42-46-28-36-41(52-42)56(33-9-4-5-10-33)43(50-36)49-29-7-2-1-3-8-29/h1-3,6-8,11-16,28,31,33,39,47,59-60H,4-5,9-10,17-27H2,(H,49,50)(H,46,48,52)(H,51,57,58). The molecule has 2 amide bonds. The Hall–Kier alpha value is -5.84. The Bertz CT molecular complexity index is 2290. The van der Waals surface area contributed by atoms with Gasteiger partial charge in [0.15, 0.2) is 5.65 Å². The third kappa shape index (κ3) is 8.72. The van der Waals surface area contributed by atoms with Crippen molar-refractivity contribution in [2.24, 2.45) is 0 Å². The largest absolute Gasteiger partial charge is 0.390 e. The maximum absolute atomic E-state index is 15.3. The Morgan fingerprint density at radius 3 is 2.23 bits per heavy atom. The Kier molecular flexibility index (Phi) is 11.2. The van der Waals surface area contributed by atoms with Crippen LogP contribution >= 0.6 is 0 Å². The number of carbonyl (C=O) groups excluding carboxylic acids is 2. The Morgan fingerprint density at radius 2 is 1.52 bits per heavy atom. The number of piperidine rings is 2. The third-order valence-corrected chi connectivity index (χ3v) is 12.4. The number of piperazine rings is 1. The number of nitrogens with one attached hydrogen (secondary N) is 4. The van der Waals surface area contributed by atoms with E-state index in [0.717, 1.165) is 60.1 Å². The summed E-state index contributed by atoms with van der Waals surface area (Å²) in [6, 6.07) is 22.9. The van der Waals surface area contributed by atoms with Crippen LogP contribution in [0.2, 0.25) is 0 Å². The highest BCUT2D eigenvalue weighted by atomic mass is 19.1. The number of carbonyl (C=O) groups is 2. The van der Waals surface area contributed by atoms with E-state index < -0.39 is 23.7 Å². The van der Waals surface area contributed by atoms with Gasteiger partial charge >= 0.3 is 0 Å². The minimum atomic E-state index is -1.10. The van der Waals surface area contributed by atoms with Crippen molar-refractivity contribution < 1.29 is 24.2 Å². The van der Waals surface area contributed by atoms with E-state index in [1.807, 2.05) is 52.3 Å². The second-order valence-corrected chi connectivity index (χ2v) is 16.6. The Balaban J connectivity index is 0.778. The van der Waals surface area contributed by atoms with E-state index >= 15 is 4.39 Å². The molecule has 0 bridgehead atoms. The van der Waals surface area contributed by atoms with Gasteiger partial charge in [-0.15, -0.1) is 0 Å². The number of hydrogen-bond donors (Lipinski definition) is 6. The summed E-state index contributed by atoms with van der Waals surface area (Å²) in [7, 11) is 0. The number of nitrogens with zero attached hydrogens (tertiary/aromatic N) is 7. The van der Waals surface area contributed by atoms with E-state index in [1.165, 1.54) is 18.9 Å². The van der Waals surface area contributed by atoms with E-state index in [-0.39, 0.29) is 31.1 Å². The average molecular weight is 818 g/mol. The lowest BCUT2D eigenvalue weighted by Gasteiger charge is -2.44. The number of hydrogen-bond acceptors (Lipinski definition) is 13. The molecule has 16 heteroatoms. The summed E-state index contributed by atoms with van der Waals surface area (Å²) in [5, 5.41) is 35.3. The van der Waals surface area contributed by atoms with E-state index in [9.17, 15) is 19.8 Å². The zero-order valence-corrected chi connectivity index (χ0v) is 33.6. The van der Waals surface area contributed by atoms with Gasteiger partial charge in [-0.1, -0.05) is 37.1 Å². The van der Waals surface area contributed by atoms with E-state index in [2.05, 4.69) is 47.9 Å². The van der Waals surface area contributed by atoms with E-state index in [0.29, 0.717) is 62.4 Å². The second kappa shape index (κ2) is 17.0. The van der Waals surface area contributed by atoms with Gasteiger partial charge in [0.2, 0.25) is 23.7 Å². The molecule has 9 rings (SSSR count). The maximum atomic E-state index is 15.3. The van der Waals surface area contributed by atoms with Crippen LogP contribution in [0.15, 0.2) is 79.0 Å². The summed E-state index contributed by atoms with van der Waals surface area (Å²) in [6.07, 6.45) is 6.68. The van der Waals surface area contributed by atoms with Gasteiger partial charge in [-0.25, -0.2) is 14.4 Å². The summed E-state index contributed by atoms with van der Waals surface area (Å²) in [4.78, 5) is 44.5. The molecule has 314 valence electrons. The average Bonchev–Trinajstić information content (AvgIpc) is 3.89. The van der Waals surface area contributed by atoms with Crippen LogP contribution in [0.25, 0.3) is 11.2 Å². The monoisotopic (exact) mass is 817 g/mol. The van der Waals surface area contributed by atoms with Crippen molar-refractivity contribution >= 4 is 63.3 Å². The van der Waals surface area contributed by atoms with Crippen LogP contribution in [0.3, 0.4) is 0 Å². The van der Waals surface area contributed by atoms with Crippen molar-refractivity contribution in [3.8, 4) is 0 Å². The number of halogens is 1. The fourth-order valence-electron chi connectivity index (χ4n) is 9.23. The number of aromatic nitrogens is 4. The molecule has 0 radical (unpaired) electrons. The molecule has 5 aromatic rings. The molecule has 1 unspecified atom stereocenters. The Labute approximate surface area is 348 Å². The maximum Gasteiger partial charge on any atom is 0.229 e. The predicted molar refractivity (Wildman–Crippen MR) is 229 cm³/mol. The van der Waals surface area contributed by atoms with Crippen LogP contribution in [0, 0.1) is 5.82 Å². The number of imide groups is 1. The quantitative estimate of drug-likeness (QED) is 0.0854. The van der Waals surface area contributed by atoms with Crippen molar-refractivity contribution in [1.82, 2.24) is 29.7 Å². The van der Waals surface area contributed by atoms with Gasteiger partial charge in [-0.05, 0) is 74.2 Å². The molecule has 3 aliphatic heterocycles. The van der Waals surface area contributed by atoms with Gasteiger partial charge in [0, 0.05) is 87.7 Å². The van der Waals surface area contributed by atoms with Gasteiger partial charge in [0.25, 0.3) is 0 Å². The fraction of sp³-hybridized carbons (Fsp3) is 0.432. The molecule has 60 heavy (non-hydrogen) atoms. The highest BCUT2D eigenvalue weighted by molar-refractivity contribution is 5.98. The van der Waals surface area contributed by atoms with Gasteiger partial charge < -0.3 is 36.0 Å². The third-order valence-electron chi connectivity index (χ3n) is 12.4. The second-order valence-electron chi connectivity index (χ2n) is 16.6. The summed E-state index contributed by atoms with van der Waals surface area (Å²) in [5.74, 6) is 0.157. The van der Waals surface area contributed by atoms with Gasteiger partial charge in [0.05, 0.1) is 23.2 Å². The lowest BCUT2D eigenvalue weighted by molar-refractivity contribution is -0.133. The van der Waals surface area contributed by atoms with Gasteiger partial charge in [-0.2, -0.15) is 4.98 Å². The number of benzene rings is 3. The van der Waals surface area contributed by atoms with Crippen LogP contribution in [0.1, 0.15) is 63.8 Å². The number of fused-ring (bicyclic) bond motifs is 1. The van der Waals surface area contributed by atoms with Crippen LogP contribution in [-0.2, 0) is 9.59 Å². The first-order chi connectivity index (χ1) is 29.2. The summed E-state index contributed by atoms with van der Waals surface area (Å²) in [6.45, 7) is 3.49. The minimum Gasteiger partial charge on any atom is -0.390 e. The topological polar surface area (TPSA) is 176 Å². The molecule has 15 nitrogen and oxygen atoms in total. The lowest BCUT2D eigenvalue weighted by atomic mass is 9.87. The zero-order chi connectivity index (χ0) is 41.2. The van der Waals surface area contributed by atoms with Crippen molar-refractivity contribution in [2.75, 3.05) is 65.0 Å².